The Balaban J connectivity index is 2.50. The molecule has 0 unspecified atom stereocenters. The van der Waals surface area contributed by atoms with E-state index in [0.717, 1.165) is 0 Å². The van der Waals surface area contributed by atoms with Gasteiger partial charge in [0, 0.05) is 5.56 Å². The van der Waals surface area contributed by atoms with Crippen LogP contribution in [0.5, 0.6) is 0 Å². The van der Waals surface area contributed by atoms with E-state index in [1.54, 1.807) is 60.7 Å². The average Bonchev–Trinajstić information content (AvgIpc) is 2.47. The Morgan fingerprint density at radius 2 is 1.47 bits per heavy atom. The Morgan fingerprint density at radius 1 is 1.00 bits per heavy atom. The Kier molecular flexibility index (Phi) is 3.79. The van der Waals surface area contributed by atoms with Crippen LogP contribution in [0.15, 0.2) is 60.7 Å². The van der Waals surface area contributed by atoms with E-state index in [1.807, 2.05) is 0 Å². The molecule has 0 heterocycles. The van der Waals surface area contributed by atoms with Gasteiger partial charge >= 0.3 is 0 Å². The van der Waals surface area contributed by atoms with Crippen LogP contribution in [0.3, 0.4) is 0 Å². The van der Waals surface area contributed by atoms with E-state index >= 15 is 0 Å². The van der Waals surface area contributed by atoms with E-state index in [2.05, 4.69) is 0 Å². The van der Waals surface area contributed by atoms with E-state index in [9.17, 15) is 15.0 Å². The minimum atomic E-state index is -1.93. The molecule has 3 heteroatoms. The second-order valence-corrected chi connectivity index (χ2v) is 4.50. The Hall–Kier alpha value is -1.97. The highest BCUT2D eigenvalue weighted by Crippen LogP contribution is 2.29. The zero-order valence-electron chi connectivity index (χ0n) is 10.7. The van der Waals surface area contributed by atoms with Gasteiger partial charge in [-0.05, 0) is 12.5 Å². The van der Waals surface area contributed by atoms with Gasteiger partial charge in [-0.25, -0.2) is 0 Å². The van der Waals surface area contributed by atoms with Crippen molar-refractivity contribution in [3.63, 3.8) is 0 Å². The first kappa shape index (κ1) is 13.5. The van der Waals surface area contributed by atoms with Crippen LogP contribution in [0, 0.1) is 0 Å². The quantitative estimate of drug-likeness (QED) is 0.824. The Labute approximate surface area is 112 Å². The molecule has 0 radical (unpaired) electrons. The van der Waals surface area contributed by atoms with Crippen molar-refractivity contribution in [3.05, 3.63) is 71.8 Å². The molecule has 2 rings (SSSR count). The molecular weight excluding hydrogens is 240 g/mol. The van der Waals surface area contributed by atoms with Gasteiger partial charge < -0.3 is 10.2 Å². The molecule has 0 saturated heterocycles. The number of carbonyl (C=O) groups excluding carboxylic acids is 1. The Bertz CT molecular complexity index is 549. The minimum Gasteiger partial charge on any atom is -0.390 e. The third-order valence-electron chi connectivity index (χ3n) is 3.20. The van der Waals surface area contributed by atoms with Crippen molar-refractivity contribution in [2.24, 2.45) is 0 Å². The fourth-order valence-corrected chi connectivity index (χ4v) is 2.06. The van der Waals surface area contributed by atoms with E-state index in [-0.39, 0.29) is 0 Å². The zero-order valence-corrected chi connectivity index (χ0v) is 10.7. The van der Waals surface area contributed by atoms with Crippen molar-refractivity contribution in [1.82, 2.24) is 0 Å². The minimum absolute atomic E-state index is 0.370. The smallest absolute Gasteiger partial charge is 0.201 e. The lowest BCUT2D eigenvalue weighted by Crippen LogP contribution is -2.45. The van der Waals surface area contributed by atoms with Gasteiger partial charge in [-0.1, -0.05) is 60.7 Å². The van der Waals surface area contributed by atoms with Crippen LogP contribution in [0.1, 0.15) is 22.8 Å². The standard InChI is InChI=1S/C16H16O3/c1-12(17)16(19,14-10-6-3-7-11-14)15(18)13-8-4-2-5-9-13/h2-12,17,19H,1H3/t12-,16-/m0/s1. The average molecular weight is 256 g/mol. The highest BCUT2D eigenvalue weighted by molar-refractivity contribution is 6.03. The van der Waals surface area contributed by atoms with Gasteiger partial charge in [-0.3, -0.25) is 4.79 Å². The molecule has 0 saturated carbocycles. The largest absolute Gasteiger partial charge is 0.390 e. The lowest BCUT2D eigenvalue weighted by molar-refractivity contribution is -0.0464. The molecule has 2 aromatic rings. The van der Waals surface area contributed by atoms with Gasteiger partial charge in [0.25, 0.3) is 0 Å². The monoisotopic (exact) mass is 256 g/mol. The maximum absolute atomic E-state index is 12.5. The van der Waals surface area contributed by atoms with Crippen molar-refractivity contribution < 1.29 is 15.0 Å². The van der Waals surface area contributed by atoms with Gasteiger partial charge in [0.2, 0.25) is 5.78 Å². The normalized spacial score (nSPS) is 15.5. The van der Waals surface area contributed by atoms with Crippen LogP contribution in [0.25, 0.3) is 0 Å². The first-order chi connectivity index (χ1) is 9.06. The molecule has 3 nitrogen and oxygen atoms in total. The summed E-state index contributed by atoms with van der Waals surface area (Å²) in [6, 6.07) is 17.0. The summed E-state index contributed by atoms with van der Waals surface area (Å²) in [6.45, 7) is 1.41. The SMILES string of the molecule is C[C@H](O)[C@@](O)(C(=O)c1ccccc1)c1ccccc1. The molecule has 0 aliphatic carbocycles. The molecule has 0 spiro atoms. The summed E-state index contributed by atoms with van der Waals surface area (Å²) >= 11 is 0. The molecule has 0 aromatic heterocycles. The van der Waals surface area contributed by atoms with Crippen LogP contribution in [-0.2, 0) is 5.60 Å². The molecule has 2 atom stereocenters. The summed E-state index contributed by atoms with van der Waals surface area (Å²) in [5, 5.41) is 20.6. The molecule has 0 aliphatic heterocycles. The number of Topliss-reactive ketones (excluding diaryl/α,β-unsaturated/α-hetero) is 1. The summed E-state index contributed by atoms with van der Waals surface area (Å²) in [5.41, 5.74) is -1.17. The predicted molar refractivity (Wildman–Crippen MR) is 72.8 cm³/mol. The number of aliphatic hydroxyl groups excluding tert-OH is 1. The number of benzene rings is 2. The molecule has 0 aliphatic rings. The fraction of sp³-hybridized carbons (Fsp3) is 0.188. The molecule has 0 amide bonds. The Morgan fingerprint density at radius 3 is 1.95 bits per heavy atom. The number of ketones is 1. The second kappa shape index (κ2) is 5.34. The number of hydrogen-bond acceptors (Lipinski definition) is 3. The predicted octanol–water partition coefficient (Wildman–Crippen LogP) is 2.14. The summed E-state index contributed by atoms with van der Waals surface area (Å²) in [4.78, 5) is 12.5. The summed E-state index contributed by atoms with van der Waals surface area (Å²) in [5.74, 6) is -0.505. The third kappa shape index (κ3) is 2.43. The number of carbonyl (C=O) groups is 1. The van der Waals surface area contributed by atoms with Crippen molar-refractivity contribution in [2.45, 2.75) is 18.6 Å². The maximum atomic E-state index is 12.5. The molecule has 98 valence electrons. The van der Waals surface area contributed by atoms with Crippen molar-refractivity contribution in [2.75, 3.05) is 0 Å². The molecular formula is C16H16O3. The van der Waals surface area contributed by atoms with Gasteiger partial charge in [0.1, 0.15) is 0 Å². The van der Waals surface area contributed by atoms with Crippen molar-refractivity contribution in [3.8, 4) is 0 Å². The number of rotatable bonds is 4. The summed E-state index contributed by atoms with van der Waals surface area (Å²) in [7, 11) is 0. The van der Waals surface area contributed by atoms with E-state index in [1.165, 1.54) is 6.92 Å². The van der Waals surface area contributed by atoms with Crippen LogP contribution in [0.4, 0.5) is 0 Å². The highest BCUT2D eigenvalue weighted by Gasteiger charge is 2.42. The van der Waals surface area contributed by atoms with E-state index in [4.69, 9.17) is 0 Å². The number of hydrogen-bond donors (Lipinski definition) is 2. The lowest BCUT2D eigenvalue weighted by Gasteiger charge is -2.30. The molecule has 0 bridgehead atoms. The van der Waals surface area contributed by atoms with Gasteiger partial charge in [-0.15, -0.1) is 0 Å². The highest BCUT2D eigenvalue weighted by atomic mass is 16.3. The topological polar surface area (TPSA) is 57.5 Å². The molecule has 0 fully saturated rings. The van der Waals surface area contributed by atoms with E-state index < -0.39 is 17.5 Å². The molecule has 2 aromatic carbocycles. The first-order valence-corrected chi connectivity index (χ1v) is 6.12. The summed E-state index contributed by atoms with van der Waals surface area (Å²) in [6.07, 6.45) is -1.21. The van der Waals surface area contributed by atoms with Gasteiger partial charge in [-0.2, -0.15) is 0 Å². The van der Waals surface area contributed by atoms with E-state index in [0.29, 0.717) is 11.1 Å². The maximum Gasteiger partial charge on any atom is 0.201 e. The lowest BCUT2D eigenvalue weighted by atomic mass is 9.82. The number of aliphatic hydroxyl groups is 2. The van der Waals surface area contributed by atoms with Crippen molar-refractivity contribution >= 4 is 5.78 Å². The fourth-order valence-electron chi connectivity index (χ4n) is 2.06. The molecule has 19 heavy (non-hydrogen) atoms. The van der Waals surface area contributed by atoms with Gasteiger partial charge in [0.05, 0.1) is 6.10 Å². The zero-order chi connectivity index (χ0) is 13.9. The van der Waals surface area contributed by atoms with Crippen LogP contribution in [-0.4, -0.2) is 22.1 Å². The first-order valence-electron chi connectivity index (χ1n) is 6.12. The summed E-state index contributed by atoms with van der Waals surface area (Å²) < 4.78 is 0. The van der Waals surface area contributed by atoms with Crippen LogP contribution >= 0.6 is 0 Å². The second-order valence-electron chi connectivity index (χ2n) is 4.50. The third-order valence-corrected chi connectivity index (χ3v) is 3.20. The van der Waals surface area contributed by atoms with Crippen LogP contribution < -0.4 is 0 Å². The van der Waals surface area contributed by atoms with Gasteiger partial charge in [0.15, 0.2) is 5.60 Å². The molecule has 2 N–H and O–H groups in total. The van der Waals surface area contributed by atoms with Crippen molar-refractivity contribution in [1.29, 1.82) is 0 Å². The van der Waals surface area contributed by atoms with Crippen LogP contribution in [0.2, 0.25) is 0 Å².